The second-order valence-corrected chi connectivity index (χ2v) is 9.58. The van der Waals surface area contributed by atoms with E-state index in [-0.39, 0.29) is 18.4 Å². The minimum Gasteiger partial charge on any atom is -0.484 e. The van der Waals surface area contributed by atoms with E-state index in [1.165, 1.54) is 5.56 Å². The van der Waals surface area contributed by atoms with Gasteiger partial charge < -0.3 is 14.5 Å². The Bertz CT molecular complexity index is 1140. The molecule has 2 fully saturated rings. The number of benzene rings is 1. The van der Waals surface area contributed by atoms with Crippen LogP contribution in [-0.2, 0) is 4.79 Å². The van der Waals surface area contributed by atoms with Crippen molar-refractivity contribution < 1.29 is 14.3 Å². The van der Waals surface area contributed by atoms with Gasteiger partial charge in [-0.05, 0) is 67.3 Å². The summed E-state index contributed by atoms with van der Waals surface area (Å²) in [6, 6.07) is 13.6. The zero-order valence-electron chi connectivity index (χ0n) is 19.7. The maximum Gasteiger partial charge on any atom is 0.260 e. The molecule has 0 N–H and O–H groups in total. The molecule has 0 radical (unpaired) electrons. The van der Waals surface area contributed by atoms with Gasteiger partial charge in [-0.3, -0.25) is 9.59 Å². The number of hydrogen-bond donors (Lipinski definition) is 0. The molecule has 0 bridgehead atoms. The van der Waals surface area contributed by atoms with Gasteiger partial charge in [0.25, 0.3) is 11.8 Å². The first kappa shape index (κ1) is 22.4. The van der Waals surface area contributed by atoms with Gasteiger partial charge in [-0.1, -0.05) is 25.1 Å². The topological polar surface area (TPSA) is 67.2 Å². The number of amides is 2. The molecule has 0 unspecified atom stereocenters. The molecule has 178 valence electrons. The van der Waals surface area contributed by atoms with Crippen LogP contribution in [0.25, 0.3) is 5.52 Å². The second-order valence-electron chi connectivity index (χ2n) is 9.58. The SMILES string of the molecule is CC1CCN(C(=O)c2cnn3ccc(C4CCN(C(=O)COc5ccccc5)CC4)cc23)CC1. The van der Waals surface area contributed by atoms with Gasteiger partial charge in [0.1, 0.15) is 5.75 Å². The highest BCUT2D eigenvalue weighted by molar-refractivity contribution is 6.00. The van der Waals surface area contributed by atoms with Gasteiger partial charge in [0.2, 0.25) is 0 Å². The van der Waals surface area contributed by atoms with Crippen LogP contribution in [0.1, 0.15) is 54.4 Å². The number of likely N-dealkylation sites (tertiary alicyclic amines) is 2. The van der Waals surface area contributed by atoms with Crippen LogP contribution in [0, 0.1) is 5.92 Å². The fourth-order valence-electron chi connectivity index (χ4n) is 5.01. The fourth-order valence-corrected chi connectivity index (χ4v) is 5.01. The molecule has 2 saturated heterocycles. The lowest BCUT2D eigenvalue weighted by atomic mass is 9.89. The zero-order valence-corrected chi connectivity index (χ0v) is 19.7. The molecule has 7 heteroatoms. The van der Waals surface area contributed by atoms with Gasteiger partial charge in [0.05, 0.1) is 17.3 Å². The summed E-state index contributed by atoms with van der Waals surface area (Å²) in [5.74, 6) is 1.86. The van der Waals surface area contributed by atoms with Crippen molar-refractivity contribution in [2.75, 3.05) is 32.8 Å². The first-order valence-electron chi connectivity index (χ1n) is 12.3. The molecule has 0 saturated carbocycles. The molecule has 0 spiro atoms. The van der Waals surface area contributed by atoms with Crippen LogP contribution in [0.4, 0.5) is 0 Å². The highest BCUT2D eigenvalue weighted by atomic mass is 16.5. The third-order valence-corrected chi connectivity index (χ3v) is 7.27. The smallest absolute Gasteiger partial charge is 0.260 e. The Balaban J connectivity index is 1.21. The van der Waals surface area contributed by atoms with Crippen LogP contribution < -0.4 is 4.74 Å². The Morgan fingerprint density at radius 3 is 2.41 bits per heavy atom. The molecular weight excluding hydrogens is 428 g/mol. The molecular formula is C27H32N4O3. The summed E-state index contributed by atoms with van der Waals surface area (Å²) in [4.78, 5) is 29.6. The highest BCUT2D eigenvalue weighted by Crippen LogP contribution is 2.30. The average Bonchev–Trinajstić information content (AvgIpc) is 3.31. The van der Waals surface area contributed by atoms with E-state index in [1.54, 1.807) is 10.7 Å². The summed E-state index contributed by atoms with van der Waals surface area (Å²) in [6.07, 6.45) is 7.57. The zero-order chi connectivity index (χ0) is 23.5. The van der Waals surface area contributed by atoms with Crippen molar-refractivity contribution in [1.82, 2.24) is 19.4 Å². The third kappa shape index (κ3) is 4.79. The van der Waals surface area contributed by atoms with Crippen molar-refractivity contribution in [3.63, 3.8) is 0 Å². The van der Waals surface area contributed by atoms with E-state index >= 15 is 0 Å². The number of carbonyl (C=O) groups excluding carboxylic acids is 2. The summed E-state index contributed by atoms with van der Waals surface area (Å²) in [7, 11) is 0. The molecule has 0 aliphatic carbocycles. The van der Waals surface area contributed by atoms with E-state index in [4.69, 9.17) is 4.74 Å². The van der Waals surface area contributed by atoms with Crippen molar-refractivity contribution in [1.29, 1.82) is 0 Å². The van der Waals surface area contributed by atoms with Gasteiger partial charge in [-0.2, -0.15) is 5.10 Å². The van der Waals surface area contributed by atoms with Gasteiger partial charge >= 0.3 is 0 Å². The van der Waals surface area contributed by atoms with Crippen LogP contribution in [0.3, 0.4) is 0 Å². The molecule has 5 rings (SSSR count). The molecule has 4 heterocycles. The molecule has 3 aromatic rings. The van der Waals surface area contributed by atoms with Gasteiger partial charge in [-0.25, -0.2) is 4.52 Å². The van der Waals surface area contributed by atoms with Crippen molar-refractivity contribution in [2.45, 2.75) is 38.5 Å². The molecule has 1 aromatic carbocycles. The lowest BCUT2D eigenvalue weighted by Crippen LogP contribution is -2.40. The Hall–Kier alpha value is -3.35. The van der Waals surface area contributed by atoms with Crippen molar-refractivity contribution in [3.05, 3.63) is 66.0 Å². The van der Waals surface area contributed by atoms with Crippen molar-refractivity contribution in [3.8, 4) is 5.75 Å². The van der Waals surface area contributed by atoms with E-state index in [2.05, 4.69) is 24.2 Å². The van der Waals surface area contributed by atoms with E-state index in [1.807, 2.05) is 46.3 Å². The molecule has 2 aliphatic heterocycles. The highest BCUT2D eigenvalue weighted by Gasteiger charge is 2.27. The fraction of sp³-hybridized carbons (Fsp3) is 0.444. The monoisotopic (exact) mass is 460 g/mol. The Labute approximate surface area is 200 Å². The predicted molar refractivity (Wildman–Crippen MR) is 130 cm³/mol. The number of ether oxygens (including phenoxy) is 1. The van der Waals surface area contributed by atoms with Crippen LogP contribution >= 0.6 is 0 Å². The van der Waals surface area contributed by atoms with Crippen molar-refractivity contribution >= 4 is 17.3 Å². The van der Waals surface area contributed by atoms with Crippen molar-refractivity contribution in [2.24, 2.45) is 5.92 Å². The maximum absolute atomic E-state index is 13.2. The van der Waals surface area contributed by atoms with Crippen LogP contribution in [0.2, 0.25) is 0 Å². The quantitative estimate of drug-likeness (QED) is 0.577. The lowest BCUT2D eigenvalue weighted by molar-refractivity contribution is -0.134. The minimum absolute atomic E-state index is 0.0253. The number of rotatable bonds is 5. The third-order valence-electron chi connectivity index (χ3n) is 7.27. The number of hydrogen-bond acceptors (Lipinski definition) is 4. The Morgan fingerprint density at radius 1 is 0.971 bits per heavy atom. The Kier molecular flexibility index (Phi) is 6.52. The molecule has 2 aromatic heterocycles. The van der Waals surface area contributed by atoms with E-state index in [0.717, 1.165) is 44.3 Å². The maximum atomic E-state index is 13.2. The number of aromatic nitrogens is 2. The Morgan fingerprint density at radius 2 is 1.68 bits per heavy atom. The van der Waals surface area contributed by atoms with Crippen LogP contribution in [-0.4, -0.2) is 64.0 Å². The molecule has 0 atom stereocenters. The summed E-state index contributed by atoms with van der Waals surface area (Å²) in [5, 5.41) is 4.42. The summed E-state index contributed by atoms with van der Waals surface area (Å²) < 4.78 is 7.42. The summed E-state index contributed by atoms with van der Waals surface area (Å²) >= 11 is 0. The minimum atomic E-state index is 0.0253. The van der Waals surface area contributed by atoms with Gasteiger partial charge in [0.15, 0.2) is 6.61 Å². The van der Waals surface area contributed by atoms with Gasteiger partial charge in [0, 0.05) is 32.4 Å². The normalized spacial score (nSPS) is 17.8. The number of para-hydroxylation sites is 1. The molecule has 7 nitrogen and oxygen atoms in total. The van der Waals surface area contributed by atoms with E-state index in [0.29, 0.717) is 36.2 Å². The standard InChI is InChI=1S/C27H32N4O3/c1-20-7-12-30(13-8-20)27(33)24-18-28-31-16-11-22(17-25(24)31)21-9-14-29(15-10-21)26(32)19-34-23-5-3-2-4-6-23/h2-6,11,16-18,20-21H,7-10,12-15,19H2,1H3. The number of piperidine rings is 2. The average molecular weight is 461 g/mol. The van der Waals surface area contributed by atoms with E-state index < -0.39 is 0 Å². The first-order valence-corrected chi connectivity index (χ1v) is 12.3. The number of fused-ring (bicyclic) bond motifs is 1. The number of nitrogens with zero attached hydrogens (tertiary/aromatic N) is 4. The summed E-state index contributed by atoms with van der Waals surface area (Å²) in [5.41, 5.74) is 2.76. The lowest BCUT2D eigenvalue weighted by Gasteiger charge is -2.32. The number of pyridine rings is 1. The second kappa shape index (κ2) is 9.87. The van der Waals surface area contributed by atoms with Gasteiger partial charge in [-0.15, -0.1) is 0 Å². The summed E-state index contributed by atoms with van der Waals surface area (Å²) in [6.45, 7) is 5.37. The molecule has 34 heavy (non-hydrogen) atoms. The molecule has 2 amide bonds. The van der Waals surface area contributed by atoms with Crippen LogP contribution in [0.15, 0.2) is 54.9 Å². The predicted octanol–water partition coefficient (Wildman–Crippen LogP) is 3.99. The largest absolute Gasteiger partial charge is 0.484 e. The first-order chi connectivity index (χ1) is 16.6. The van der Waals surface area contributed by atoms with E-state index in [9.17, 15) is 9.59 Å². The molecule has 2 aliphatic rings. The van der Waals surface area contributed by atoms with Crippen LogP contribution in [0.5, 0.6) is 5.75 Å². The number of carbonyl (C=O) groups is 2.